The summed E-state index contributed by atoms with van der Waals surface area (Å²) < 4.78 is 41.0. The molecule has 0 saturated carbocycles. The number of carbonyl (C=O) groups excluding carboxylic acids is 1. The Morgan fingerprint density at radius 2 is 1.93 bits per heavy atom. The molecule has 0 radical (unpaired) electrons. The predicted octanol–water partition coefficient (Wildman–Crippen LogP) is 6.23. The van der Waals surface area contributed by atoms with Crippen LogP contribution in [0.15, 0.2) is 24.3 Å². The highest BCUT2D eigenvalue weighted by atomic mass is 32.1. The Hall–Kier alpha value is -3.69. The lowest BCUT2D eigenvalue weighted by Crippen LogP contribution is -2.39. The number of amides is 1. The number of thiophene rings is 1. The van der Waals surface area contributed by atoms with Gasteiger partial charge in [0.05, 0.1) is 11.8 Å². The number of fused-ring (bicyclic) bond motifs is 2. The van der Waals surface area contributed by atoms with E-state index in [0.29, 0.717) is 39.9 Å². The highest BCUT2D eigenvalue weighted by Crippen LogP contribution is 2.34. The Kier molecular flexibility index (Phi) is 8.53. The first-order chi connectivity index (χ1) is 21.1. The van der Waals surface area contributed by atoms with Gasteiger partial charge in [0.25, 0.3) is 0 Å². The maximum Gasteiger partial charge on any atom is 0.393 e. The molecule has 0 bridgehead atoms. The largest absolute Gasteiger partial charge is 0.393 e. The summed E-state index contributed by atoms with van der Waals surface area (Å²) in [6.45, 7) is 7.90. The van der Waals surface area contributed by atoms with Crippen molar-refractivity contribution in [2.24, 2.45) is 5.92 Å². The number of nitrogens with one attached hydrogen (secondary N) is 2. The van der Waals surface area contributed by atoms with Crippen molar-refractivity contribution in [3.8, 4) is 6.07 Å². The van der Waals surface area contributed by atoms with E-state index in [9.17, 15) is 23.2 Å². The summed E-state index contributed by atoms with van der Waals surface area (Å²) in [5.41, 5.74) is 4.13. The molecule has 2 saturated heterocycles. The highest BCUT2D eigenvalue weighted by Gasteiger charge is 2.29. The highest BCUT2D eigenvalue weighted by molar-refractivity contribution is 7.18. The molecule has 0 spiro atoms. The number of hydrogen-bond acceptors (Lipinski definition) is 7. The van der Waals surface area contributed by atoms with Gasteiger partial charge >= 0.3 is 6.18 Å². The minimum atomic E-state index is -4.26. The van der Waals surface area contributed by atoms with Crippen LogP contribution in [0.5, 0.6) is 0 Å². The zero-order chi connectivity index (χ0) is 31.0. The van der Waals surface area contributed by atoms with Crippen LogP contribution >= 0.6 is 11.3 Å². The number of aromatic nitrogens is 3. The van der Waals surface area contributed by atoms with E-state index in [4.69, 9.17) is 0 Å². The Morgan fingerprint density at radius 1 is 1.14 bits per heavy atom. The average molecular weight is 624 g/mol. The van der Waals surface area contributed by atoms with E-state index < -0.39 is 12.6 Å². The summed E-state index contributed by atoms with van der Waals surface area (Å²) in [7, 11) is 0. The van der Waals surface area contributed by atoms with E-state index >= 15 is 0 Å². The van der Waals surface area contributed by atoms with Crippen molar-refractivity contribution in [3.05, 3.63) is 51.8 Å². The number of hydrogen-bond donors (Lipinski definition) is 2. The van der Waals surface area contributed by atoms with E-state index in [0.717, 1.165) is 80.6 Å². The summed E-state index contributed by atoms with van der Waals surface area (Å²) >= 11 is 1.08. The van der Waals surface area contributed by atoms with Crippen LogP contribution in [0.25, 0.3) is 21.1 Å². The molecule has 2 aliphatic rings. The lowest BCUT2D eigenvalue weighted by molar-refractivity contribution is -0.126. The van der Waals surface area contributed by atoms with Crippen LogP contribution < -0.4 is 10.6 Å². The fraction of sp³-hybridized carbons (Fsp3) is 0.500. The molecular formula is C32H36F3N7OS. The molecule has 3 aromatic heterocycles. The monoisotopic (exact) mass is 623 g/mol. The van der Waals surface area contributed by atoms with E-state index in [1.165, 1.54) is 11.1 Å². The number of benzene rings is 1. The number of nitrogens with zero attached hydrogens (tertiary/aromatic N) is 5. The molecule has 1 unspecified atom stereocenters. The smallest absolute Gasteiger partial charge is 0.367 e. The summed E-state index contributed by atoms with van der Waals surface area (Å²) in [4.78, 5) is 24.0. The van der Waals surface area contributed by atoms with Gasteiger partial charge in [-0.1, -0.05) is 6.07 Å². The normalized spacial score (nSPS) is 18.5. The predicted molar refractivity (Wildman–Crippen MR) is 166 cm³/mol. The lowest BCUT2D eigenvalue weighted by Gasteiger charge is -2.33. The van der Waals surface area contributed by atoms with Gasteiger partial charge in [0.15, 0.2) is 0 Å². The average Bonchev–Trinajstić information content (AvgIpc) is 3.54. The van der Waals surface area contributed by atoms with Gasteiger partial charge in [0, 0.05) is 61.0 Å². The van der Waals surface area contributed by atoms with Crippen LogP contribution in [0.1, 0.15) is 59.6 Å². The second-order valence-corrected chi connectivity index (χ2v) is 13.2. The molecule has 232 valence electrons. The summed E-state index contributed by atoms with van der Waals surface area (Å²) in [5, 5.41) is 18.0. The second kappa shape index (κ2) is 12.4. The molecular weight excluding hydrogens is 587 g/mol. The molecule has 12 heteroatoms. The molecule has 2 aliphatic heterocycles. The van der Waals surface area contributed by atoms with Crippen molar-refractivity contribution in [2.45, 2.75) is 77.7 Å². The quantitative estimate of drug-likeness (QED) is 0.242. The van der Waals surface area contributed by atoms with Gasteiger partial charge < -0.3 is 15.2 Å². The maximum absolute atomic E-state index is 13.0. The van der Waals surface area contributed by atoms with Crippen molar-refractivity contribution < 1.29 is 18.0 Å². The van der Waals surface area contributed by atoms with Crippen molar-refractivity contribution in [1.29, 1.82) is 5.26 Å². The first kappa shape index (κ1) is 30.3. The fourth-order valence-corrected chi connectivity index (χ4v) is 7.68. The van der Waals surface area contributed by atoms with Crippen LogP contribution in [0, 0.1) is 31.1 Å². The minimum absolute atomic E-state index is 0.113. The molecule has 1 amide bonds. The van der Waals surface area contributed by atoms with Gasteiger partial charge in [-0.25, -0.2) is 9.97 Å². The Balaban J connectivity index is 1.10. The summed E-state index contributed by atoms with van der Waals surface area (Å²) in [5.74, 6) is 1.61. The van der Waals surface area contributed by atoms with Crippen molar-refractivity contribution >= 4 is 44.2 Å². The number of anilines is 1. The van der Waals surface area contributed by atoms with Gasteiger partial charge in [0.1, 0.15) is 28.2 Å². The maximum atomic E-state index is 13.0. The van der Waals surface area contributed by atoms with Crippen LogP contribution in [-0.4, -0.2) is 57.2 Å². The number of alkyl halides is 3. The third-order valence-corrected chi connectivity index (χ3v) is 9.97. The number of rotatable bonds is 8. The topological polar surface area (TPSA) is 98.9 Å². The van der Waals surface area contributed by atoms with E-state index in [2.05, 4.69) is 55.2 Å². The van der Waals surface area contributed by atoms with Crippen molar-refractivity contribution in [2.75, 3.05) is 25.0 Å². The molecule has 44 heavy (non-hydrogen) atoms. The standard InChI is InChI=1S/C32H36F3N7OS/c1-19-22(3-4-28-26(19)14-24(17-36)42(28)12-6-21-5-9-37-29(43)13-21)18-41-10-7-23(8-11-41)40-30-27-15-25(16-32(33,34)35)44-31(27)39-20(2)38-30/h3-4,14-15,21,23H,5-13,16,18H2,1-2H3,(H,37,43)(H,38,39,40). The second-order valence-electron chi connectivity index (χ2n) is 12.1. The van der Waals surface area contributed by atoms with E-state index in [1.807, 2.05) is 6.07 Å². The lowest BCUT2D eigenvalue weighted by atomic mass is 9.94. The third kappa shape index (κ3) is 6.69. The Bertz CT molecular complexity index is 1730. The van der Waals surface area contributed by atoms with E-state index in [1.54, 1.807) is 13.0 Å². The first-order valence-corrected chi connectivity index (χ1v) is 16.0. The molecule has 2 N–H and O–H groups in total. The van der Waals surface area contributed by atoms with Crippen LogP contribution in [-0.2, 0) is 24.3 Å². The van der Waals surface area contributed by atoms with Crippen molar-refractivity contribution in [1.82, 2.24) is 24.8 Å². The number of nitriles is 1. The van der Waals surface area contributed by atoms with Gasteiger partial charge in [-0.2, -0.15) is 18.4 Å². The zero-order valence-electron chi connectivity index (χ0n) is 24.9. The number of halogens is 3. The summed E-state index contributed by atoms with van der Waals surface area (Å²) in [6.07, 6.45) is -1.04. The number of aryl methyl sites for hydroxylation is 3. The number of piperidine rings is 2. The molecule has 2 fully saturated rings. The number of likely N-dealkylation sites (tertiary alicyclic amines) is 1. The fourth-order valence-electron chi connectivity index (χ4n) is 6.58. The Labute approximate surface area is 258 Å². The van der Waals surface area contributed by atoms with Crippen molar-refractivity contribution in [3.63, 3.8) is 0 Å². The Morgan fingerprint density at radius 3 is 2.66 bits per heavy atom. The van der Waals surface area contributed by atoms with Crippen LogP contribution in [0.3, 0.4) is 0 Å². The minimum Gasteiger partial charge on any atom is -0.367 e. The van der Waals surface area contributed by atoms with E-state index in [-0.39, 0.29) is 16.8 Å². The molecule has 6 rings (SSSR count). The molecule has 5 heterocycles. The van der Waals surface area contributed by atoms with Gasteiger partial charge in [0.2, 0.25) is 5.91 Å². The molecule has 8 nitrogen and oxygen atoms in total. The van der Waals surface area contributed by atoms with Crippen LogP contribution in [0.4, 0.5) is 19.0 Å². The van der Waals surface area contributed by atoms with Gasteiger partial charge in [-0.3, -0.25) is 9.69 Å². The molecule has 4 aromatic rings. The first-order valence-electron chi connectivity index (χ1n) is 15.2. The van der Waals surface area contributed by atoms with Gasteiger partial charge in [-0.05, 0) is 74.8 Å². The van der Waals surface area contributed by atoms with Gasteiger partial charge in [-0.15, -0.1) is 11.3 Å². The molecule has 0 aliphatic carbocycles. The molecule has 1 aromatic carbocycles. The zero-order valence-corrected chi connectivity index (χ0v) is 25.7. The van der Waals surface area contributed by atoms with Crippen LogP contribution in [0.2, 0.25) is 0 Å². The number of carbonyl (C=O) groups is 1. The SMILES string of the molecule is Cc1nc(NC2CCN(Cc3ccc4c(cc(C#N)n4CCC4CCNC(=O)C4)c3C)CC2)c2cc(CC(F)(F)F)sc2n1. The molecule has 1 atom stereocenters. The summed E-state index contributed by atoms with van der Waals surface area (Å²) in [6, 6.07) is 10.4. The third-order valence-electron chi connectivity index (χ3n) is 8.94.